The zero-order valence-corrected chi connectivity index (χ0v) is 11.1. The van der Waals surface area contributed by atoms with Crippen LogP contribution in [0.15, 0.2) is 0 Å². The van der Waals surface area contributed by atoms with Crippen LogP contribution in [0.25, 0.3) is 0 Å². The van der Waals surface area contributed by atoms with Gasteiger partial charge in [-0.1, -0.05) is 13.3 Å². The molecule has 0 heterocycles. The van der Waals surface area contributed by atoms with Crippen molar-refractivity contribution in [1.29, 1.82) is 0 Å². The molecule has 0 aliphatic heterocycles. The van der Waals surface area contributed by atoms with Gasteiger partial charge in [0.2, 0.25) is 0 Å². The standard InChI is InChI=1S/C15H24O2/c1-3-7-14-8-9-15(17-4-2)10-11(14)5-6-12(15)13(14)16/h11-12H,3-10H2,1-2H3. The Morgan fingerprint density at radius 1 is 1.29 bits per heavy atom. The van der Waals surface area contributed by atoms with Crippen LogP contribution in [0.2, 0.25) is 0 Å². The van der Waals surface area contributed by atoms with Crippen molar-refractivity contribution in [2.24, 2.45) is 17.3 Å². The van der Waals surface area contributed by atoms with Crippen molar-refractivity contribution in [2.45, 2.75) is 64.4 Å². The number of hydrogen-bond donors (Lipinski definition) is 0. The molecular weight excluding hydrogens is 212 g/mol. The third-order valence-electron chi connectivity index (χ3n) is 5.74. The predicted molar refractivity (Wildman–Crippen MR) is 66.8 cm³/mol. The van der Waals surface area contributed by atoms with Gasteiger partial charge in [-0.3, -0.25) is 4.79 Å². The van der Waals surface area contributed by atoms with Gasteiger partial charge >= 0.3 is 0 Å². The second-order valence-corrected chi connectivity index (χ2v) is 6.30. The molecule has 96 valence electrons. The Labute approximate surface area is 104 Å². The maximum Gasteiger partial charge on any atom is 0.145 e. The van der Waals surface area contributed by atoms with Gasteiger partial charge in [0.1, 0.15) is 5.78 Å². The van der Waals surface area contributed by atoms with Gasteiger partial charge in [-0.15, -0.1) is 0 Å². The van der Waals surface area contributed by atoms with E-state index in [1.54, 1.807) is 0 Å². The van der Waals surface area contributed by atoms with Gasteiger partial charge in [-0.25, -0.2) is 0 Å². The first kappa shape index (κ1) is 11.7. The van der Waals surface area contributed by atoms with Crippen molar-refractivity contribution < 1.29 is 9.53 Å². The van der Waals surface area contributed by atoms with Crippen LogP contribution >= 0.6 is 0 Å². The van der Waals surface area contributed by atoms with Crippen molar-refractivity contribution in [3.05, 3.63) is 0 Å². The summed E-state index contributed by atoms with van der Waals surface area (Å²) in [4.78, 5) is 12.8. The van der Waals surface area contributed by atoms with Gasteiger partial charge < -0.3 is 4.74 Å². The Morgan fingerprint density at radius 2 is 2.12 bits per heavy atom. The van der Waals surface area contributed by atoms with Crippen molar-refractivity contribution in [2.75, 3.05) is 6.61 Å². The molecule has 4 atom stereocenters. The second kappa shape index (κ2) is 3.81. The van der Waals surface area contributed by atoms with Crippen molar-refractivity contribution in [3.63, 3.8) is 0 Å². The fourth-order valence-electron chi connectivity index (χ4n) is 5.14. The fourth-order valence-corrected chi connectivity index (χ4v) is 5.14. The minimum atomic E-state index is -0.0513. The van der Waals surface area contributed by atoms with Crippen LogP contribution < -0.4 is 0 Å². The Balaban J connectivity index is 1.95. The van der Waals surface area contributed by atoms with Crippen LogP contribution in [-0.2, 0) is 9.53 Å². The van der Waals surface area contributed by atoms with Crippen LogP contribution in [-0.4, -0.2) is 18.0 Å². The third-order valence-corrected chi connectivity index (χ3v) is 5.74. The molecule has 5 saturated carbocycles. The number of rotatable bonds is 4. The SMILES string of the molecule is CCCC12CCC3(OCC)CC1CCC3C2=O. The molecule has 17 heavy (non-hydrogen) atoms. The molecular formula is C15H24O2. The molecule has 4 bridgehead atoms. The lowest BCUT2D eigenvalue weighted by Crippen LogP contribution is -2.67. The van der Waals surface area contributed by atoms with Crippen molar-refractivity contribution >= 4 is 5.78 Å². The number of Topliss-reactive ketones (excluding diaryl/α,β-unsaturated/α-hetero) is 1. The summed E-state index contributed by atoms with van der Waals surface area (Å²) in [7, 11) is 0. The topological polar surface area (TPSA) is 26.3 Å². The average Bonchev–Trinajstić information content (AvgIpc) is 2.32. The molecule has 0 aromatic carbocycles. The summed E-state index contributed by atoms with van der Waals surface area (Å²) in [6.45, 7) is 5.04. The van der Waals surface area contributed by atoms with Gasteiger partial charge in [0.05, 0.1) is 5.60 Å². The molecule has 0 amide bonds. The fraction of sp³-hybridized carbons (Fsp3) is 0.933. The molecule has 5 rings (SSSR count). The molecule has 0 spiro atoms. The number of fused-ring (bicyclic) bond motifs is 2. The number of carbonyl (C=O) groups excluding carboxylic acids is 1. The minimum Gasteiger partial charge on any atom is -0.375 e. The third kappa shape index (κ3) is 1.34. The molecule has 5 fully saturated rings. The summed E-state index contributed by atoms with van der Waals surface area (Å²) >= 11 is 0. The van der Waals surface area contributed by atoms with Gasteiger partial charge in [0.15, 0.2) is 0 Å². The van der Waals surface area contributed by atoms with Gasteiger partial charge in [-0.2, -0.15) is 0 Å². The Bertz CT molecular complexity index is 338. The normalized spacial score (nSPS) is 47.8. The van der Waals surface area contributed by atoms with Gasteiger partial charge in [0.25, 0.3) is 0 Å². The van der Waals surface area contributed by atoms with E-state index in [-0.39, 0.29) is 16.9 Å². The van der Waals surface area contributed by atoms with E-state index in [0.29, 0.717) is 11.7 Å². The number of ketones is 1. The average molecular weight is 236 g/mol. The van der Waals surface area contributed by atoms with E-state index in [2.05, 4.69) is 13.8 Å². The summed E-state index contributed by atoms with van der Waals surface area (Å²) < 4.78 is 6.06. The summed E-state index contributed by atoms with van der Waals surface area (Å²) in [5.41, 5.74) is 0.0146. The molecule has 0 saturated heterocycles. The van der Waals surface area contributed by atoms with E-state index in [4.69, 9.17) is 4.74 Å². The van der Waals surface area contributed by atoms with Crippen LogP contribution in [0.5, 0.6) is 0 Å². The zero-order valence-electron chi connectivity index (χ0n) is 11.1. The summed E-state index contributed by atoms with van der Waals surface area (Å²) in [5.74, 6) is 1.43. The van der Waals surface area contributed by atoms with E-state index < -0.39 is 0 Å². The highest BCUT2D eigenvalue weighted by atomic mass is 16.5. The quantitative estimate of drug-likeness (QED) is 0.748. The maximum absolute atomic E-state index is 12.8. The van der Waals surface area contributed by atoms with E-state index in [0.717, 1.165) is 45.1 Å². The molecule has 5 aliphatic carbocycles. The summed E-state index contributed by atoms with van der Waals surface area (Å²) in [6, 6.07) is 0. The molecule has 2 nitrogen and oxygen atoms in total. The molecule has 0 radical (unpaired) electrons. The van der Waals surface area contributed by atoms with Crippen LogP contribution in [0.1, 0.15) is 58.8 Å². The first-order valence-electron chi connectivity index (χ1n) is 7.37. The van der Waals surface area contributed by atoms with Crippen molar-refractivity contribution in [3.8, 4) is 0 Å². The van der Waals surface area contributed by atoms with Crippen molar-refractivity contribution in [1.82, 2.24) is 0 Å². The molecule has 0 N–H and O–H groups in total. The van der Waals surface area contributed by atoms with Crippen LogP contribution in [0.4, 0.5) is 0 Å². The lowest BCUT2D eigenvalue weighted by Gasteiger charge is -2.63. The zero-order chi connectivity index (χ0) is 12.1. The second-order valence-electron chi connectivity index (χ2n) is 6.30. The summed E-state index contributed by atoms with van der Waals surface area (Å²) in [6.07, 6.45) is 8.03. The molecule has 2 heteroatoms. The first-order valence-corrected chi connectivity index (χ1v) is 7.37. The number of hydrogen-bond acceptors (Lipinski definition) is 2. The lowest BCUT2D eigenvalue weighted by molar-refractivity contribution is -0.216. The first-order chi connectivity index (χ1) is 8.18. The van der Waals surface area contributed by atoms with Crippen LogP contribution in [0, 0.1) is 17.3 Å². The summed E-state index contributed by atoms with van der Waals surface area (Å²) in [5, 5.41) is 0. The minimum absolute atomic E-state index is 0.0513. The van der Waals surface area contributed by atoms with E-state index >= 15 is 0 Å². The number of ether oxygens (including phenoxy) is 1. The Kier molecular flexibility index (Phi) is 2.62. The van der Waals surface area contributed by atoms with Gasteiger partial charge in [0, 0.05) is 17.9 Å². The smallest absolute Gasteiger partial charge is 0.145 e. The lowest BCUT2D eigenvalue weighted by atomic mass is 9.42. The van der Waals surface area contributed by atoms with Crippen LogP contribution in [0.3, 0.4) is 0 Å². The molecule has 4 unspecified atom stereocenters. The highest BCUT2D eigenvalue weighted by molar-refractivity contribution is 5.91. The Hall–Kier alpha value is -0.370. The monoisotopic (exact) mass is 236 g/mol. The maximum atomic E-state index is 12.8. The van der Waals surface area contributed by atoms with E-state index in [1.807, 2.05) is 0 Å². The molecule has 0 aromatic heterocycles. The molecule has 5 aliphatic rings. The predicted octanol–water partition coefficient (Wildman–Crippen LogP) is 3.34. The Morgan fingerprint density at radius 3 is 2.76 bits per heavy atom. The van der Waals surface area contributed by atoms with Gasteiger partial charge in [-0.05, 0) is 51.4 Å². The number of carbonyl (C=O) groups is 1. The van der Waals surface area contributed by atoms with E-state index in [1.165, 1.54) is 6.42 Å². The largest absolute Gasteiger partial charge is 0.375 e. The highest BCUT2D eigenvalue weighted by Gasteiger charge is 2.66. The highest BCUT2D eigenvalue weighted by Crippen LogP contribution is 2.65. The van der Waals surface area contributed by atoms with E-state index in [9.17, 15) is 4.79 Å². The molecule has 0 aromatic rings.